The minimum absolute atomic E-state index is 0.153. The lowest BCUT2D eigenvalue weighted by Gasteiger charge is -2.21. The minimum atomic E-state index is -0.787. The summed E-state index contributed by atoms with van der Waals surface area (Å²) in [6.07, 6.45) is -0.627. The van der Waals surface area contributed by atoms with Crippen molar-refractivity contribution in [2.24, 2.45) is 0 Å². The molecule has 0 radical (unpaired) electrons. The first kappa shape index (κ1) is 21.6. The van der Waals surface area contributed by atoms with Crippen LogP contribution in [0.2, 0.25) is 10.0 Å². The van der Waals surface area contributed by atoms with Crippen LogP contribution in [0.1, 0.15) is 23.3 Å². The Bertz CT molecular complexity index is 1090. The zero-order valence-electron chi connectivity index (χ0n) is 16.3. The molecule has 1 amide bonds. The van der Waals surface area contributed by atoms with Gasteiger partial charge in [-0.15, -0.1) is 0 Å². The number of carbonyl (C=O) groups excluding carboxylic acids is 1. The van der Waals surface area contributed by atoms with Crippen LogP contribution in [0.3, 0.4) is 0 Å². The Morgan fingerprint density at radius 2 is 1.94 bits per heavy atom. The zero-order valence-corrected chi connectivity index (χ0v) is 17.8. The molecule has 1 aliphatic heterocycles. The quantitative estimate of drug-likeness (QED) is 0.598. The second-order valence-electron chi connectivity index (χ2n) is 7.26. The lowest BCUT2D eigenvalue weighted by atomic mass is 10.1. The zero-order chi connectivity index (χ0) is 22.0. The monoisotopic (exact) mass is 464 g/mol. The van der Waals surface area contributed by atoms with Gasteiger partial charge in [0, 0.05) is 37.2 Å². The number of halogens is 3. The molecule has 1 N–H and O–H groups in total. The van der Waals surface area contributed by atoms with Gasteiger partial charge < -0.3 is 19.3 Å². The number of hydrogen-bond acceptors (Lipinski definition) is 5. The van der Waals surface area contributed by atoms with Crippen molar-refractivity contribution in [1.82, 2.24) is 10.1 Å². The minimum Gasteiger partial charge on any atom is -0.488 e. The topological polar surface area (TPSA) is 75.8 Å². The molecule has 2 aromatic carbocycles. The molecule has 1 aliphatic rings. The highest BCUT2D eigenvalue weighted by Crippen LogP contribution is 2.29. The van der Waals surface area contributed by atoms with Gasteiger partial charge in [0.15, 0.2) is 11.5 Å². The van der Waals surface area contributed by atoms with E-state index in [1.165, 1.54) is 12.1 Å². The Balaban J connectivity index is 1.43. The summed E-state index contributed by atoms with van der Waals surface area (Å²) in [5, 5.41) is 15.1. The Labute approximate surface area is 188 Å². The molecule has 31 heavy (non-hydrogen) atoms. The number of aromatic nitrogens is 1. The highest BCUT2D eigenvalue weighted by atomic mass is 35.5. The SMILES string of the molecule is O=C(c1cc(-c2ccc(Cl)c(Cl)c2)on1)N1CC[C@H](Oc2cccc(F)c2)[C@@H](O)CC1. The number of aliphatic hydroxyl groups excluding tert-OH is 1. The molecule has 1 aromatic heterocycles. The molecule has 162 valence electrons. The fourth-order valence-corrected chi connectivity index (χ4v) is 3.74. The summed E-state index contributed by atoms with van der Waals surface area (Å²) in [5.74, 6) is 0.00516. The lowest BCUT2D eigenvalue weighted by molar-refractivity contribution is 0.0348. The molecule has 4 rings (SSSR count). The number of aliphatic hydroxyl groups is 1. The van der Waals surface area contributed by atoms with Crippen molar-refractivity contribution in [2.75, 3.05) is 13.1 Å². The fraction of sp³-hybridized carbons (Fsp3) is 0.273. The molecule has 2 heterocycles. The number of likely N-dealkylation sites (tertiary alicyclic amines) is 1. The van der Waals surface area contributed by atoms with E-state index in [1.54, 1.807) is 41.3 Å². The summed E-state index contributed by atoms with van der Waals surface area (Å²) >= 11 is 12.0. The predicted octanol–water partition coefficient (Wildman–Crippen LogP) is 4.83. The van der Waals surface area contributed by atoms with E-state index in [4.69, 9.17) is 32.5 Å². The van der Waals surface area contributed by atoms with Gasteiger partial charge in [-0.3, -0.25) is 4.79 Å². The largest absolute Gasteiger partial charge is 0.488 e. The Kier molecular flexibility index (Phi) is 6.46. The van der Waals surface area contributed by atoms with E-state index in [-0.39, 0.29) is 11.6 Å². The number of ether oxygens (including phenoxy) is 1. The Morgan fingerprint density at radius 1 is 1.13 bits per heavy atom. The standard InChI is InChI=1S/C22H19Cl2FN2O4/c23-16-5-4-13(10-17(16)24)21-12-18(26-31-21)22(29)27-8-6-19(28)20(7-9-27)30-15-3-1-2-14(25)11-15/h1-5,10-12,19-20,28H,6-9H2/t19-,20-/m0/s1. The summed E-state index contributed by atoms with van der Waals surface area (Å²) in [5.41, 5.74) is 0.802. The summed E-state index contributed by atoms with van der Waals surface area (Å²) in [6, 6.07) is 12.3. The van der Waals surface area contributed by atoms with E-state index < -0.39 is 18.0 Å². The van der Waals surface area contributed by atoms with E-state index in [0.717, 1.165) is 0 Å². The normalized spacial score (nSPS) is 19.2. The number of carbonyl (C=O) groups is 1. The van der Waals surface area contributed by atoms with Crippen LogP contribution in [0.5, 0.6) is 5.75 Å². The van der Waals surface area contributed by atoms with Gasteiger partial charge in [-0.25, -0.2) is 4.39 Å². The lowest BCUT2D eigenvalue weighted by Crippen LogP contribution is -2.32. The smallest absolute Gasteiger partial charge is 0.276 e. The molecule has 3 aromatic rings. The number of benzene rings is 2. The van der Waals surface area contributed by atoms with Crippen molar-refractivity contribution in [3.05, 3.63) is 70.1 Å². The molecule has 1 fully saturated rings. The molecular formula is C22H19Cl2FN2O4. The molecular weight excluding hydrogens is 446 g/mol. The van der Waals surface area contributed by atoms with Gasteiger partial charge in [0.05, 0.1) is 16.1 Å². The highest BCUT2D eigenvalue weighted by molar-refractivity contribution is 6.42. The van der Waals surface area contributed by atoms with Gasteiger partial charge >= 0.3 is 0 Å². The average Bonchev–Trinajstić information content (AvgIpc) is 3.17. The first-order chi connectivity index (χ1) is 14.9. The van der Waals surface area contributed by atoms with E-state index in [2.05, 4.69) is 5.16 Å². The third-order valence-corrected chi connectivity index (χ3v) is 5.85. The predicted molar refractivity (Wildman–Crippen MR) is 114 cm³/mol. The van der Waals surface area contributed by atoms with Crippen LogP contribution in [0.15, 0.2) is 53.1 Å². The number of rotatable bonds is 4. The molecule has 1 saturated heterocycles. The van der Waals surface area contributed by atoms with E-state index in [0.29, 0.717) is 53.0 Å². The fourth-order valence-electron chi connectivity index (χ4n) is 3.44. The van der Waals surface area contributed by atoms with Crippen molar-refractivity contribution in [1.29, 1.82) is 0 Å². The van der Waals surface area contributed by atoms with Crippen molar-refractivity contribution < 1.29 is 23.6 Å². The molecule has 2 atom stereocenters. The second-order valence-corrected chi connectivity index (χ2v) is 8.07. The summed E-state index contributed by atoms with van der Waals surface area (Å²) < 4.78 is 24.5. The molecule has 0 unspecified atom stereocenters. The van der Waals surface area contributed by atoms with Crippen molar-refractivity contribution in [3.63, 3.8) is 0 Å². The molecule has 0 saturated carbocycles. The third kappa shape index (κ3) is 5.01. The molecule has 0 aliphatic carbocycles. The maximum Gasteiger partial charge on any atom is 0.276 e. The Morgan fingerprint density at radius 3 is 2.71 bits per heavy atom. The van der Waals surface area contributed by atoms with E-state index in [9.17, 15) is 14.3 Å². The Hall–Kier alpha value is -2.61. The number of nitrogens with zero attached hydrogens (tertiary/aromatic N) is 2. The molecule has 9 heteroatoms. The van der Waals surface area contributed by atoms with Crippen LogP contribution < -0.4 is 4.74 Å². The van der Waals surface area contributed by atoms with Crippen LogP contribution in [-0.2, 0) is 0 Å². The van der Waals surface area contributed by atoms with Crippen LogP contribution >= 0.6 is 23.2 Å². The molecule has 0 spiro atoms. The summed E-state index contributed by atoms with van der Waals surface area (Å²) in [4.78, 5) is 14.5. The first-order valence-corrected chi connectivity index (χ1v) is 10.5. The van der Waals surface area contributed by atoms with Crippen LogP contribution in [0.25, 0.3) is 11.3 Å². The summed E-state index contributed by atoms with van der Waals surface area (Å²) in [7, 11) is 0. The number of hydrogen-bond donors (Lipinski definition) is 1. The van der Waals surface area contributed by atoms with Gasteiger partial charge in [-0.1, -0.05) is 34.4 Å². The maximum absolute atomic E-state index is 13.4. The van der Waals surface area contributed by atoms with E-state index in [1.807, 2.05) is 0 Å². The van der Waals surface area contributed by atoms with E-state index >= 15 is 0 Å². The van der Waals surface area contributed by atoms with Crippen LogP contribution in [0, 0.1) is 5.82 Å². The maximum atomic E-state index is 13.4. The van der Waals surface area contributed by atoms with Crippen molar-refractivity contribution in [3.8, 4) is 17.1 Å². The molecule has 0 bridgehead atoms. The molecule has 6 nitrogen and oxygen atoms in total. The highest BCUT2D eigenvalue weighted by Gasteiger charge is 2.30. The van der Waals surface area contributed by atoms with Crippen LogP contribution in [0.4, 0.5) is 4.39 Å². The van der Waals surface area contributed by atoms with Crippen molar-refractivity contribution >= 4 is 29.1 Å². The second kappa shape index (κ2) is 9.26. The average molecular weight is 465 g/mol. The first-order valence-electron chi connectivity index (χ1n) is 9.72. The number of amides is 1. The van der Waals surface area contributed by atoms with Gasteiger partial charge in [-0.05, 0) is 36.8 Å². The van der Waals surface area contributed by atoms with Gasteiger partial charge in [0.2, 0.25) is 0 Å². The van der Waals surface area contributed by atoms with Gasteiger partial charge in [0.25, 0.3) is 5.91 Å². The third-order valence-electron chi connectivity index (χ3n) is 5.11. The summed E-state index contributed by atoms with van der Waals surface area (Å²) in [6.45, 7) is 0.683. The van der Waals surface area contributed by atoms with Gasteiger partial charge in [-0.2, -0.15) is 0 Å². The van der Waals surface area contributed by atoms with Crippen LogP contribution in [-0.4, -0.2) is 46.4 Å². The van der Waals surface area contributed by atoms with Crippen molar-refractivity contribution in [2.45, 2.75) is 25.0 Å². The van der Waals surface area contributed by atoms with Gasteiger partial charge in [0.1, 0.15) is 17.7 Å².